The van der Waals surface area contributed by atoms with Crippen molar-refractivity contribution >= 4 is 17.6 Å². The molecule has 0 aliphatic rings. The zero-order chi connectivity index (χ0) is 17.2. The Morgan fingerprint density at radius 2 is 1.83 bits per heavy atom. The van der Waals surface area contributed by atoms with Crippen molar-refractivity contribution in [3.63, 3.8) is 0 Å². The Labute approximate surface area is 136 Å². The van der Waals surface area contributed by atoms with E-state index in [1.54, 1.807) is 37.4 Å². The van der Waals surface area contributed by atoms with Gasteiger partial charge in [-0.25, -0.2) is 4.79 Å². The fraction of sp³-hybridized carbons (Fsp3) is 0.353. The molecule has 1 aromatic carbocycles. The van der Waals surface area contributed by atoms with Gasteiger partial charge in [-0.05, 0) is 45.0 Å². The van der Waals surface area contributed by atoms with Crippen molar-refractivity contribution in [3.05, 3.63) is 41.6 Å². The second kappa shape index (κ2) is 9.26. The van der Waals surface area contributed by atoms with Gasteiger partial charge >= 0.3 is 5.97 Å². The quantitative estimate of drug-likeness (QED) is 0.475. The molecule has 1 amide bonds. The van der Waals surface area contributed by atoms with Gasteiger partial charge in [-0.15, -0.1) is 0 Å². The van der Waals surface area contributed by atoms with E-state index in [0.29, 0.717) is 30.9 Å². The van der Waals surface area contributed by atoms with Crippen molar-refractivity contribution in [1.29, 1.82) is 5.26 Å². The molecule has 6 nitrogen and oxygen atoms in total. The van der Waals surface area contributed by atoms with Crippen molar-refractivity contribution in [1.82, 2.24) is 4.90 Å². The number of hydrogen-bond acceptors (Lipinski definition) is 5. The Kier molecular flexibility index (Phi) is 7.34. The van der Waals surface area contributed by atoms with Gasteiger partial charge in [-0.3, -0.25) is 4.79 Å². The molecule has 23 heavy (non-hydrogen) atoms. The summed E-state index contributed by atoms with van der Waals surface area (Å²) < 4.78 is 4.89. The van der Waals surface area contributed by atoms with Crippen molar-refractivity contribution in [2.75, 3.05) is 25.0 Å². The summed E-state index contributed by atoms with van der Waals surface area (Å²) in [6.45, 7) is 7.35. The molecular formula is C17H21N3O3. The molecule has 0 aliphatic carbocycles. The topological polar surface area (TPSA) is 82.4 Å². The van der Waals surface area contributed by atoms with E-state index in [2.05, 4.69) is 5.32 Å². The van der Waals surface area contributed by atoms with Crippen LogP contribution in [0.15, 0.2) is 36.0 Å². The van der Waals surface area contributed by atoms with Gasteiger partial charge in [0.25, 0.3) is 5.91 Å². The molecule has 6 heteroatoms. The van der Waals surface area contributed by atoms with Crippen molar-refractivity contribution in [2.24, 2.45) is 0 Å². The first-order valence-electron chi connectivity index (χ1n) is 7.50. The van der Waals surface area contributed by atoms with E-state index in [9.17, 15) is 9.59 Å². The number of esters is 1. The Morgan fingerprint density at radius 3 is 2.30 bits per heavy atom. The number of nitriles is 1. The van der Waals surface area contributed by atoms with E-state index in [1.807, 2.05) is 24.8 Å². The minimum atomic E-state index is -0.483. The van der Waals surface area contributed by atoms with Crippen LogP contribution in [0, 0.1) is 11.3 Å². The van der Waals surface area contributed by atoms with E-state index in [-0.39, 0.29) is 5.57 Å². The molecule has 0 saturated carbocycles. The van der Waals surface area contributed by atoms with E-state index >= 15 is 0 Å². The van der Waals surface area contributed by atoms with Crippen LogP contribution in [0.3, 0.4) is 0 Å². The largest absolute Gasteiger partial charge is 0.462 e. The maximum Gasteiger partial charge on any atom is 0.338 e. The fourth-order valence-corrected chi connectivity index (χ4v) is 1.83. The highest BCUT2D eigenvalue weighted by atomic mass is 16.5. The zero-order valence-corrected chi connectivity index (χ0v) is 13.6. The van der Waals surface area contributed by atoms with Gasteiger partial charge < -0.3 is 15.0 Å². The Bertz CT molecular complexity index is 611. The molecule has 0 radical (unpaired) electrons. The first-order valence-corrected chi connectivity index (χ1v) is 7.50. The van der Waals surface area contributed by atoms with Crippen LogP contribution >= 0.6 is 0 Å². The van der Waals surface area contributed by atoms with Crippen LogP contribution < -0.4 is 5.32 Å². The van der Waals surface area contributed by atoms with Crippen molar-refractivity contribution in [2.45, 2.75) is 20.8 Å². The first kappa shape index (κ1) is 18.2. The van der Waals surface area contributed by atoms with Gasteiger partial charge in [-0.2, -0.15) is 5.26 Å². The lowest BCUT2D eigenvalue weighted by Gasteiger charge is -2.15. The van der Waals surface area contributed by atoms with Gasteiger partial charge in [0, 0.05) is 25.0 Å². The second-order valence-corrected chi connectivity index (χ2v) is 4.63. The summed E-state index contributed by atoms with van der Waals surface area (Å²) in [5, 5.41) is 11.8. The maximum atomic E-state index is 12.1. The summed E-state index contributed by atoms with van der Waals surface area (Å²) in [7, 11) is 0. The average Bonchev–Trinajstić information content (AvgIpc) is 2.56. The minimum absolute atomic E-state index is 0.0307. The number of nitrogens with zero attached hydrogens (tertiary/aromatic N) is 2. The molecule has 0 unspecified atom stereocenters. The van der Waals surface area contributed by atoms with E-state index in [4.69, 9.17) is 10.00 Å². The summed E-state index contributed by atoms with van der Waals surface area (Å²) in [4.78, 5) is 25.5. The summed E-state index contributed by atoms with van der Waals surface area (Å²) in [5.41, 5.74) is 0.941. The summed E-state index contributed by atoms with van der Waals surface area (Å²) in [5.74, 6) is -0.896. The highest BCUT2D eigenvalue weighted by Crippen LogP contribution is 2.12. The molecule has 0 spiro atoms. The first-order chi connectivity index (χ1) is 11.0. The van der Waals surface area contributed by atoms with Gasteiger partial charge in [0.05, 0.1) is 12.2 Å². The third kappa shape index (κ3) is 5.47. The molecule has 1 rings (SSSR count). The number of benzene rings is 1. The average molecular weight is 315 g/mol. The molecule has 0 fully saturated rings. The minimum Gasteiger partial charge on any atom is -0.462 e. The van der Waals surface area contributed by atoms with E-state index < -0.39 is 11.9 Å². The lowest BCUT2D eigenvalue weighted by atomic mass is 10.2. The third-order valence-electron chi connectivity index (χ3n) is 3.14. The summed E-state index contributed by atoms with van der Waals surface area (Å²) in [6.07, 6.45) is 1.54. The number of rotatable bonds is 7. The Morgan fingerprint density at radius 1 is 1.22 bits per heavy atom. The van der Waals surface area contributed by atoms with Gasteiger partial charge in [0.2, 0.25) is 0 Å². The molecular weight excluding hydrogens is 294 g/mol. The van der Waals surface area contributed by atoms with Gasteiger partial charge in [0.1, 0.15) is 11.6 Å². The maximum absolute atomic E-state index is 12.1. The lowest BCUT2D eigenvalue weighted by Crippen LogP contribution is -2.20. The molecule has 0 atom stereocenters. The number of ether oxygens (including phenoxy) is 1. The normalized spacial score (nSPS) is 10.6. The van der Waals surface area contributed by atoms with Crippen LogP contribution in [0.2, 0.25) is 0 Å². The number of anilines is 1. The molecule has 0 aromatic heterocycles. The van der Waals surface area contributed by atoms with Crippen molar-refractivity contribution in [3.8, 4) is 6.07 Å². The highest BCUT2D eigenvalue weighted by molar-refractivity contribution is 6.06. The SMILES string of the molecule is CCOC(=O)c1ccc(NC(=O)/C(C#N)=C\N(CC)CC)cc1. The van der Waals surface area contributed by atoms with Crippen LogP contribution in [0.25, 0.3) is 0 Å². The Hall–Kier alpha value is -2.81. The van der Waals surface area contributed by atoms with Gasteiger partial charge in [0.15, 0.2) is 0 Å². The fourth-order valence-electron chi connectivity index (χ4n) is 1.83. The smallest absolute Gasteiger partial charge is 0.338 e. The zero-order valence-electron chi connectivity index (χ0n) is 13.6. The van der Waals surface area contributed by atoms with Crippen LogP contribution in [0.5, 0.6) is 0 Å². The number of carbonyl (C=O) groups is 2. The van der Waals surface area contributed by atoms with E-state index in [0.717, 1.165) is 0 Å². The predicted octanol–water partition coefficient (Wildman–Crippen LogP) is 2.55. The van der Waals surface area contributed by atoms with E-state index in [1.165, 1.54) is 0 Å². The molecule has 0 bridgehead atoms. The molecule has 0 aliphatic heterocycles. The molecule has 1 aromatic rings. The third-order valence-corrected chi connectivity index (χ3v) is 3.14. The molecule has 122 valence electrons. The monoisotopic (exact) mass is 315 g/mol. The van der Waals surface area contributed by atoms with Crippen LogP contribution in [-0.2, 0) is 9.53 Å². The van der Waals surface area contributed by atoms with Crippen LogP contribution in [0.4, 0.5) is 5.69 Å². The molecule has 0 heterocycles. The number of carbonyl (C=O) groups excluding carboxylic acids is 2. The Balaban J connectivity index is 2.80. The van der Waals surface area contributed by atoms with Crippen molar-refractivity contribution < 1.29 is 14.3 Å². The van der Waals surface area contributed by atoms with Crippen LogP contribution in [-0.4, -0.2) is 36.5 Å². The number of nitrogens with one attached hydrogen (secondary N) is 1. The summed E-state index contributed by atoms with van der Waals surface area (Å²) >= 11 is 0. The standard InChI is InChI=1S/C17H21N3O3/c1-4-20(5-2)12-14(11-18)16(21)19-15-9-7-13(8-10-15)17(22)23-6-3/h7-10,12H,4-6H2,1-3H3,(H,19,21)/b14-12-. The predicted molar refractivity (Wildman–Crippen MR) is 87.6 cm³/mol. The number of hydrogen-bond donors (Lipinski definition) is 1. The summed E-state index contributed by atoms with van der Waals surface area (Å²) in [6, 6.07) is 8.21. The van der Waals surface area contributed by atoms with Gasteiger partial charge in [-0.1, -0.05) is 0 Å². The second-order valence-electron chi connectivity index (χ2n) is 4.63. The van der Waals surface area contributed by atoms with Crippen LogP contribution in [0.1, 0.15) is 31.1 Å². The molecule has 1 N–H and O–H groups in total. The highest BCUT2D eigenvalue weighted by Gasteiger charge is 2.11. The lowest BCUT2D eigenvalue weighted by molar-refractivity contribution is -0.112. The molecule has 0 saturated heterocycles. The number of amides is 1.